The molecule has 0 amide bonds. The van der Waals surface area contributed by atoms with Crippen molar-refractivity contribution in [3.63, 3.8) is 0 Å². The lowest BCUT2D eigenvalue weighted by Crippen LogP contribution is -2.39. The minimum atomic E-state index is -1.46. The third kappa shape index (κ3) is 3.10. The molecule has 1 aromatic rings. The Morgan fingerprint density at radius 2 is 2.29 bits per heavy atom. The van der Waals surface area contributed by atoms with E-state index in [1.165, 1.54) is 0 Å². The van der Waals surface area contributed by atoms with Crippen LogP contribution in [-0.2, 0) is 4.74 Å². The van der Waals surface area contributed by atoms with Gasteiger partial charge in [-0.1, -0.05) is 0 Å². The number of anilines is 1. The highest BCUT2D eigenvalue weighted by Crippen LogP contribution is 2.30. The normalized spacial score (nSPS) is 18.6. The highest BCUT2D eigenvalue weighted by Gasteiger charge is 2.27. The Morgan fingerprint density at radius 3 is 2.86 bits per heavy atom. The minimum Gasteiger partial charge on any atom is -0.477 e. The zero-order chi connectivity index (χ0) is 15.6. The molecule has 1 aromatic carbocycles. The Bertz CT molecular complexity index is 578. The van der Waals surface area contributed by atoms with Gasteiger partial charge in [0.1, 0.15) is 5.56 Å². The molecule has 0 aromatic heterocycles. The number of nitro groups is 1. The fraction of sp³-hybridized carbons (Fsp3) is 0.462. The van der Waals surface area contributed by atoms with Crippen LogP contribution in [0.1, 0.15) is 23.2 Å². The molecule has 1 N–H and O–H groups in total. The van der Waals surface area contributed by atoms with Gasteiger partial charge in [0.15, 0.2) is 5.82 Å². The molecular formula is C13H15FN2O5. The molecule has 2 rings (SSSR count). The van der Waals surface area contributed by atoms with Crippen LogP contribution in [0.15, 0.2) is 12.1 Å². The summed E-state index contributed by atoms with van der Waals surface area (Å²) in [4.78, 5) is 22.7. The number of carboxylic acid groups (broad SMARTS) is 1. The van der Waals surface area contributed by atoms with Crippen LogP contribution in [0, 0.1) is 15.9 Å². The molecule has 0 saturated carbocycles. The van der Waals surface area contributed by atoms with Crippen molar-refractivity contribution in [3.05, 3.63) is 33.6 Å². The Hall–Kier alpha value is -2.22. The van der Waals surface area contributed by atoms with E-state index >= 15 is 0 Å². The molecule has 1 heterocycles. The lowest BCUT2D eigenvalue weighted by atomic mass is 10.1. The van der Waals surface area contributed by atoms with Gasteiger partial charge in [0.2, 0.25) is 0 Å². The maximum atomic E-state index is 14.1. The summed E-state index contributed by atoms with van der Waals surface area (Å²) in [5, 5.41) is 19.9. The number of hydrogen-bond acceptors (Lipinski definition) is 5. The maximum absolute atomic E-state index is 14.1. The van der Waals surface area contributed by atoms with Gasteiger partial charge in [-0.05, 0) is 18.9 Å². The Morgan fingerprint density at radius 1 is 1.57 bits per heavy atom. The third-order valence-corrected chi connectivity index (χ3v) is 3.54. The topological polar surface area (TPSA) is 92.9 Å². The Kier molecular flexibility index (Phi) is 4.37. The number of carbonyl (C=O) groups is 1. The molecule has 1 aliphatic heterocycles. The number of benzene rings is 1. The predicted molar refractivity (Wildman–Crippen MR) is 72.3 cm³/mol. The highest BCUT2D eigenvalue weighted by atomic mass is 19.1. The summed E-state index contributed by atoms with van der Waals surface area (Å²) < 4.78 is 19.3. The SMILES string of the molecule is COC1CCCN(c2cc(C(=O)O)c([N+](=O)[O-])cc2F)C1. The molecular weight excluding hydrogens is 283 g/mol. The summed E-state index contributed by atoms with van der Waals surface area (Å²) in [5.41, 5.74) is -1.21. The van der Waals surface area contributed by atoms with E-state index in [0.29, 0.717) is 19.2 Å². The summed E-state index contributed by atoms with van der Waals surface area (Å²) >= 11 is 0. The smallest absolute Gasteiger partial charge is 0.342 e. The summed E-state index contributed by atoms with van der Waals surface area (Å²) in [6.45, 7) is 0.970. The van der Waals surface area contributed by atoms with Crippen LogP contribution in [-0.4, -0.2) is 42.3 Å². The molecule has 0 spiro atoms. The lowest BCUT2D eigenvalue weighted by Gasteiger charge is -2.33. The van der Waals surface area contributed by atoms with Crippen LogP contribution in [0.5, 0.6) is 0 Å². The molecule has 0 radical (unpaired) electrons. The van der Waals surface area contributed by atoms with Gasteiger partial charge in [-0.25, -0.2) is 9.18 Å². The first-order valence-electron chi connectivity index (χ1n) is 6.43. The van der Waals surface area contributed by atoms with E-state index in [4.69, 9.17) is 9.84 Å². The summed E-state index contributed by atoms with van der Waals surface area (Å²) in [5.74, 6) is -2.26. The number of aromatic carboxylic acids is 1. The predicted octanol–water partition coefficient (Wildman–Crippen LogP) is 2.05. The second kappa shape index (κ2) is 6.04. The van der Waals surface area contributed by atoms with Gasteiger partial charge in [-0.2, -0.15) is 0 Å². The van der Waals surface area contributed by atoms with Gasteiger partial charge in [-0.3, -0.25) is 10.1 Å². The van der Waals surface area contributed by atoms with E-state index in [-0.39, 0.29) is 11.8 Å². The average Bonchev–Trinajstić information content (AvgIpc) is 2.46. The number of ether oxygens (including phenoxy) is 1. The first kappa shape index (κ1) is 15.2. The second-order valence-electron chi connectivity index (χ2n) is 4.83. The zero-order valence-corrected chi connectivity index (χ0v) is 11.4. The monoisotopic (exact) mass is 298 g/mol. The van der Waals surface area contributed by atoms with E-state index in [9.17, 15) is 19.3 Å². The van der Waals surface area contributed by atoms with Crippen molar-refractivity contribution in [1.29, 1.82) is 0 Å². The van der Waals surface area contributed by atoms with Crippen LogP contribution in [0.25, 0.3) is 0 Å². The zero-order valence-electron chi connectivity index (χ0n) is 11.4. The first-order valence-corrected chi connectivity index (χ1v) is 6.43. The highest BCUT2D eigenvalue weighted by molar-refractivity contribution is 5.93. The summed E-state index contributed by atoms with van der Waals surface area (Å²) in [7, 11) is 1.56. The van der Waals surface area contributed by atoms with Crippen molar-refractivity contribution in [2.45, 2.75) is 18.9 Å². The lowest BCUT2D eigenvalue weighted by molar-refractivity contribution is -0.385. The summed E-state index contributed by atoms with van der Waals surface area (Å²) in [6, 6.07) is 1.68. The average molecular weight is 298 g/mol. The quantitative estimate of drug-likeness (QED) is 0.675. The number of hydrogen-bond donors (Lipinski definition) is 1. The van der Waals surface area contributed by atoms with E-state index in [0.717, 1.165) is 18.9 Å². The molecule has 0 aliphatic carbocycles. The molecule has 1 unspecified atom stereocenters. The van der Waals surface area contributed by atoms with E-state index in [1.54, 1.807) is 12.0 Å². The summed E-state index contributed by atoms with van der Waals surface area (Å²) in [6.07, 6.45) is 1.55. The van der Waals surface area contributed by atoms with Crippen LogP contribution in [0.2, 0.25) is 0 Å². The van der Waals surface area contributed by atoms with Crippen molar-refractivity contribution in [3.8, 4) is 0 Å². The van der Waals surface area contributed by atoms with Gasteiger partial charge >= 0.3 is 5.97 Å². The number of nitrogens with zero attached hydrogens (tertiary/aromatic N) is 2. The number of piperidine rings is 1. The van der Waals surface area contributed by atoms with E-state index in [1.807, 2.05) is 0 Å². The van der Waals surface area contributed by atoms with Crippen molar-refractivity contribution in [1.82, 2.24) is 0 Å². The molecule has 21 heavy (non-hydrogen) atoms. The van der Waals surface area contributed by atoms with E-state index in [2.05, 4.69) is 0 Å². The van der Waals surface area contributed by atoms with Gasteiger partial charge in [-0.15, -0.1) is 0 Å². The fourth-order valence-electron chi connectivity index (χ4n) is 2.47. The number of carboxylic acids is 1. The van der Waals surface area contributed by atoms with Crippen LogP contribution >= 0.6 is 0 Å². The van der Waals surface area contributed by atoms with Crippen LogP contribution in [0.4, 0.5) is 15.8 Å². The molecule has 1 atom stereocenters. The Balaban J connectivity index is 2.42. The minimum absolute atomic E-state index is 0.0553. The van der Waals surface area contributed by atoms with Crippen molar-refractivity contribution in [2.24, 2.45) is 0 Å². The standard InChI is InChI=1S/C13H15FN2O5/c1-21-8-3-2-4-15(7-8)12-5-9(13(17)18)11(16(19)20)6-10(12)14/h5-6,8H,2-4,7H2,1H3,(H,17,18). The van der Waals surface area contributed by atoms with Crippen molar-refractivity contribution in [2.75, 3.05) is 25.1 Å². The molecule has 1 fully saturated rings. The molecule has 7 nitrogen and oxygen atoms in total. The molecule has 8 heteroatoms. The Labute approximate surface area is 120 Å². The molecule has 1 saturated heterocycles. The number of nitro benzene ring substituents is 1. The van der Waals surface area contributed by atoms with Crippen molar-refractivity contribution < 1.29 is 24.0 Å². The maximum Gasteiger partial charge on any atom is 0.342 e. The largest absolute Gasteiger partial charge is 0.477 e. The van der Waals surface area contributed by atoms with Crippen molar-refractivity contribution >= 4 is 17.3 Å². The van der Waals surface area contributed by atoms with Gasteiger partial charge < -0.3 is 14.7 Å². The van der Waals surface area contributed by atoms with Gasteiger partial charge in [0.25, 0.3) is 5.69 Å². The second-order valence-corrected chi connectivity index (χ2v) is 4.83. The molecule has 1 aliphatic rings. The van der Waals surface area contributed by atoms with E-state index < -0.39 is 28.0 Å². The van der Waals surface area contributed by atoms with Crippen LogP contribution in [0.3, 0.4) is 0 Å². The molecule has 0 bridgehead atoms. The number of halogens is 1. The van der Waals surface area contributed by atoms with Crippen LogP contribution < -0.4 is 4.90 Å². The molecule has 114 valence electrons. The third-order valence-electron chi connectivity index (χ3n) is 3.54. The van der Waals surface area contributed by atoms with Gasteiger partial charge in [0, 0.05) is 20.2 Å². The number of methoxy groups -OCH3 is 1. The van der Waals surface area contributed by atoms with Gasteiger partial charge in [0.05, 0.1) is 22.8 Å². The first-order chi connectivity index (χ1) is 9.93. The number of rotatable bonds is 4. The fourth-order valence-corrected chi connectivity index (χ4v) is 2.47.